The molecule has 0 radical (unpaired) electrons. The SMILES string of the molecule is CCC(C(=O)NC1CCCCC1)N(Cc1ccc(Cl)cc1)C(=O)CN(c1ccc(Cl)cc1)S(=O)(=O)c1ccc(OC)cc1. The Morgan fingerprint density at radius 1 is 0.907 bits per heavy atom. The van der Waals surface area contributed by atoms with Crippen molar-refractivity contribution in [1.29, 1.82) is 0 Å². The fraction of sp³-hybridized carbons (Fsp3) is 0.375. The van der Waals surface area contributed by atoms with E-state index in [9.17, 15) is 18.0 Å². The second-order valence-electron chi connectivity index (χ2n) is 10.6. The average molecular weight is 647 g/mol. The van der Waals surface area contributed by atoms with Crippen LogP contribution in [0.15, 0.2) is 77.7 Å². The van der Waals surface area contributed by atoms with Crippen LogP contribution in [0.4, 0.5) is 5.69 Å². The largest absolute Gasteiger partial charge is 0.497 e. The van der Waals surface area contributed by atoms with Gasteiger partial charge in [-0.1, -0.05) is 61.5 Å². The molecule has 1 aliphatic carbocycles. The highest BCUT2D eigenvalue weighted by atomic mass is 35.5. The number of methoxy groups -OCH3 is 1. The summed E-state index contributed by atoms with van der Waals surface area (Å²) in [6, 6.07) is 18.5. The van der Waals surface area contributed by atoms with E-state index >= 15 is 0 Å². The fourth-order valence-corrected chi connectivity index (χ4v) is 6.93. The summed E-state index contributed by atoms with van der Waals surface area (Å²) in [6.07, 6.45) is 5.40. The molecule has 3 aromatic rings. The lowest BCUT2D eigenvalue weighted by atomic mass is 9.95. The van der Waals surface area contributed by atoms with E-state index in [2.05, 4.69) is 5.32 Å². The third-order valence-electron chi connectivity index (χ3n) is 7.64. The number of rotatable bonds is 12. The first-order chi connectivity index (χ1) is 20.6. The van der Waals surface area contributed by atoms with E-state index in [1.54, 1.807) is 60.7 Å². The third-order valence-corrected chi connectivity index (χ3v) is 9.94. The first kappa shape index (κ1) is 32.6. The monoisotopic (exact) mass is 645 g/mol. The van der Waals surface area contributed by atoms with Gasteiger partial charge in [0, 0.05) is 22.6 Å². The molecule has 0 aromatic heterocycles. The van der Waals surface area contributed by atoms with Crippen LogP contribution in [0.3, 0.4) is 0 Å². The molecule has 0 spiro atoms. The number of nitrogens with zero attached hydrogens (tertiary/aromatic N) is 2. The molecule has 0 saturated heterocycles. The van der Waals surface area contributed by atoms with Crippen molar-refractivity contribution >= 4 is 50.7 Å². The van der Waals surface area contributed by atoms with Crippen molar-refractivity contribution in [3.63, 3.8) is 0 Å². The number of halogens is 2. The molecule has 43 heavy (non-hydrogen) atoms. The molecule has 0 heterocycles. The maximum Gasteiger partial charge on any atom is 0.264 e. The third kappa shape index (κ3) is 8.43. The molecule has 4 rings (SSSR count). The summed E-state index contributed by atoms with van der Waals surface area (Å²) in [5.41, 5.74) is 1.03. The first-order valence-electron chi connectivity index (χ1n) is 14.4. The normalized spacial score (nSPS) is 14.5. The molecule has 11 heteroatoms. The summed E-state index contributed by atoms with van der Waals surface area (Å²) in [6.45, 7) is 1.42. The molecule has 1 unspecified atom stereocenters. The number of hydrogen-bond acceptors (Lipinski definition) is 5. The Labute approximate surface area is 264 Å². The van der Waals surface area contributed by atoms with Crippen LogP contribution in [-0.4, -0.2) is 50.9 Å². The van der Waals surface area contributed by atoms with E-state index in [4.69, 9.17) is 27.9 Å². The van der Waals surface area contributed by atoms with E-state index in [1.807, 2.05) is 6.92 Å². The Bertz CT molecular complexity index is 1480. The highest BCUT2D eigenvalue weighted by Crippen LogP contribution is 2.27. The number of sulfonamides is 1. The van der Waals surface area contributed by atoms with Gasteiger partial charge in [0.2, 0.25) is 11.8 Å². The van der Waals surface area contributed by atoms with Crippen LogP contribution in [0.5, 0.6) is 5.75 Å². The van der Waals surface area contributed by atoms with Gasteiger partial charge >= 0.3 is 0 Å². The number of nitrogens with one attached hydrogen (secondary N) is 1. The van der Waals surface area contributed by atoms with Gasteiger partial charge in [-0.25, -0.2) is 8.42 Å². The van der Waals surface area contributed by atoms with Crippen molar-refractivity contribution in [3.8, 4) is 5.75 Å². The molecule has 1 atom stereocenters. The van der Waals surface area contributed by atoms with Crippen molar-refractivity contribution < 1.29 is 22.7 Å². The molecular weight excluding hydrogens is 609 g/mol. The number of benzene rings is 3. The van der Waals surface area contributed by atoms with Gasteiger partial charge in [0.05, 0.1) is 17.7 Å². The van der Waals surface area contributed by atoms with Crippen molar-refractivity contribution in [2.24, 2.45) is 0 Å². The molecule has 2 amide bonds. The number of hydrogen-bond donors (Lipinski definition) is 1. The Morgan fingerprint density at radius 3 is 2.05 bits per heavy atom. The molecule has 0 bridgehead atoms. The van der Waals surface area contributed by atoms with Gasteiger partial charge in [0.25, 0.3) is 10.0 Å². The van der Waals surface area contributed by atoms with Crippen LogP contribution in [0, 0.1) is 0 Å². The zero-order valence-electron chi connectivity index (χ0n) is 24.3. The van der Waals surface area contributed by atoms with Crippen molar-refractivity contribution in [2.45, 2.75) is 69.0 Å². The van der Waals surface area contributed by atoms with Gasteiger partial charge in [0.1, 0.15) is 18.3 Å². The lowest BCUT2D eigenvalue weighted by Crippen LogP contribution is -2.54. The molecular formula is C32H37Cl2N3O5S. The molecule has 1 saturated carbocycles. The maximum atomic E-state index is 14.2. The zero-order chi connectivity index (χ0) is 31.0. The first-order valence-corrected chi connectivity index (χ1v) is 16.6. The standard InChI is InChI=1S/C32H37Cl2N3O5S/c1-3-30(32(39)35-26-7-5-4-6-8-26)36(21-23-9-11-24(33)12-10-23)31(38)22-37(27-15-13-25(34)14-16-27)43(40,41)29-19-17-28(42-2)18-20-29/h9-20,26,30H,3-8,21-22H2,1-2H3,(H,35,39). The number of ether oxygens (including phenoxy) is 1. The average Bonchev–Trinajstić information content (AvgIpc) is 3.01. The van der Waals surface area contributed by atoms with E-state index in [0.717, 1.165) is 42.0 Å². The second kappa shape index (κ2) is 14.9. The van der Waals surface area contributed by atoms with E-state index < -0.39 is 28.5 Å². The smallest absolute Gasteiger partial charge is 0.264 e. The Kier molecular flexibility index (Phi) is 11.3. The predicted molar refractivity (Wildman–Crippen MR) is 170 cm³/mol. The molecule has 0 aliphatic heterocycles. The summed E-state index contributed by atoms with van der Waals surface area (Å²) in [7, 11) is -2.71. The highest BCUT2D eigenvalue weighted by Gasteiger charge is 2.34. The van der Waals surface area contributed by atoms with Crippen LogP contribution in [0.1, 0.15) is 51.0 Å². The van der Waals surface area contributed by atoms with Crippen molar-refractivity contribution in [1.82, 2.24) is 10.2 Å². The van der Waals surface area contributed by atoms with Gasteiger partial charge in [-0.15, -0.1) is 0 Å². The quantitative estimate of drug-likeness (QED) is 0.244. The predicted octanol–water partition coefficient (Wildman–Crippen LogP) is 6.45. The van der Waals surface area contributed by atoms with Crippen LogP contribution in [-0.2, 0) is 26.2 Å². The number of carbonyl (C=O) groups excluding carboxylic acids is 2. The Balaban J connectivity index is 1.69. The van der Waals surface area contributed by atoms with Crippen LogP contribution in [0.2, 0.25) is 10.0 Å². The number of anilines is 1. The Morgan fingerprint density at radius 2 is 1.49 bits per heavy atom. The van der Waals surface area contributed by atoms with Gasteiger partial charge in [-0.3, -0.25) is 13.9 Å². The lowest BCUT2D eigenvalue weighted by molar-refractivity contribution is -0.140. The summed E-state index contributed by atoms with van der Waals surface area (Å²) in [5.74, 6) is -0.266. The Hall–Kier alpha value is -3.27. The van der Waals surface area contributed by atoms with E-state index in [1.165, 1.54) is 24.1 Å². The maximum absolute atomic E-state index is 14.2. The number of carbonyl (C=O) groups is 2. The van der Waals surface area contributed by atoms with E-state index in [-0.39, 0.29) is 29.1 Å². The lowest BCUT2D eigenvalue weighted by Gasteiger charge is -2.34. The van der Waals surface area contributed by atoms with Crippen LogP contribution < -0.4 is 14.4 Å². The minimum atomic E-state index is -4.21. The molecule has 3 aromatic carbocycles. The van der Waals surface area contributed by atoms with Crippen LogP contribution >= 0.6 is 23.2 Å². The number of amides is 2. The summed E-state index contributed by atoms with van der Waals surface area (Å²) < 4.78 is 34.2. The highest BCUT2D eigenvalue weighted by molar-refractivity contribution is 7.92. The molecule has 1 fully saturated rings. The summed E-state index contributed by atoms with van der Waals surface area (Å²) >= 11 is 12.2. The van der Waals surface area contributed by atoms with Gasteiger partial charge in [0.15, 0.2) is 0 Å². The van der Waals surface area contributed by atoms with Crippen LogP contribution in [0.25, 0.3) is 0 Å². The second-order valence-corrected chi connectivity index (χ2v) is 13.3. The summed E-state index contributed by atoms with van der Waals surface area (Å²) in [5, 5.41) is 4.11. The van der Waals surface area contributed by atoms with Crippen molar-refractivity contribution in [3.05, 3.63) is 88.4 Å². The molecule has 8 nitrogen and oxygen atoms in total. The van der Waals surface area contributed by atoms with Gasteiger partial charge < -0.3 is 15.0 Å². The van der Waals surface area contributed by atoms with Crippen molar-refractivity contribution in [2.75, 3.05) is 18.0 Å². The minimum Gasteiger partial charge on any atom is -0.497 e. The van der Waals surface area contributed by atoms with Gasteiger partial charge in [-0.2, -0.15) is 0 Å². The molecule has 1 aliphatic rings. The topological polar surface area (TPSA) is 96.0 Å². The molecule has 230 valence electrons. The summed E-state index contributed by atoms with van der Waals surface area (Å²) in [4.78, 5) is 29.3. The molecule has 1 N–H and O–H groups in total. The minimum absolute atomic E-state index is 0.0117. The fourth-order valence-electron chi connectivity index (χ4n) is 5.26. The van der Waals surface area contributed by atoms with Gasteiger partial charge in [-0.05, 0) is 85.5 Å². The van der Waals surface area contributed by atoms with E-state index in [0.29, 0.717) is 22.2 Å². The zero-order valence-corrected chi connectivity index (χ0v) is 26.7.